The number of urea groups is 1. The lowest BCUT2D eigenvalue weighted by atomic mass is 10.1. The van der Waals surface area contributed by atoms with Gasteiger partial charge in [-0.2, -0.15) is 4.48 Å². The molecule has 0 aliphatic carbocycles. The fourth-order valence-corrected chi connectivity index (χ4v) is 2.77. The van der Waals surface area contributed by atoms with Crippen LogP contribution in [0.5, 0.6) is 0 Å². The summed E-state index contributed by atoms with van der Waals surface area (Å²) < 4.78 is 20.2. The Morgan fingerprint density at radius 2 is 2.18 bits per heavy atom. The molecule has 0 aromatic heterocycles. The molecule has 28 heavy (non-hydrogen) atoms. The summed E-state index contributed by atoms with van der Waals surface area (Å²) in [6.45, 7) is 3.65. The van der Waals surface area contributed by atoms with E-state index >= 15 is 0 Å². The van der Waals surface area contributed by atoms with E-state index in [0.29, 0.717) is 0 Å². The van der Waals surface area contributed by atoms with Gasteiger partial charge in [0.2, 0.25) is 0 Å². The second-order valence-corrected chi connectivity index (χ2v) is 6.65. The van der Waals surface area contributed by atoms with E-state index in [4.69, 9.17) is 24.2 Å². The van der Waals surface area contributed by atoms with Crippen LogP contribution in [-0.4, -0.2) is 83.1 Å². The maximum Gasteiger partial charge on any atom is 0.508 e. The van der Waals surface area contributed by atoms with Crippen molar-refractivity contribution in [1.82, 2.24) is 5.32 Å². The lowest BCUT2D eigenvalue weighted by Crippen LogP contribution is -2.60. The molecule has 2 amide bonds. The summed E-state index contributed by atoms with van der Waals surface area (Å²) in [5.74, 6) is -0.746. The van der Waals surface area contributed by atoms with Crippen molar-refractivity contribution >= 4 is 24.0 Å². The van der Waals surface area contributed by atoms with Crippen LogP contribution in [-0.2, 0) is 23.7 Å². The molecular formula is C16H24N3O9+. The molecule has 0 radical (unpaired) electrons. The van der Waals surface area contributed by atoms with Crippen LogP contribution in [0.3, 0.4) is 0 Å². The fourth-order valence-electron chi connectivity index (χ4n) is 2.77. The Bertz CT molecular complexity index is 678. The molecule has 2 aliphatic rings. The molecule has 2 heterocycles. The third-order valence-electron chi connectivity index (χ3n) is 4.04. The lowest BCUT2D eigenvalue weighted by Gasteiger charge is -2.32. The molecule has 2 rings (SSSR count). The number of nitrogens with zero attached hydrogens (tertiary/aromatic N) is 2. The van der Waals surface area contributed by atoms with E-state index < -0.39 is 47.1 Å². The van der Waals surface area contributed by atoms with E-state index in [-0.39, 0.29) is 25.7 Å². The van der Waals surface area contributed by atoms with Crippen molar-refractivity contribution in [2.75, 3.05) is 19.9 Å². The minimum atomic E-state index is -1.32. The topological polar surface area (TPSA) is 153 Å². The van der Waals surface area contributed by atoms with Gasteiger partial charge < -0.3 is 29.3 Å². The minimum absolute atomic E-state index is 0.0691. The molecule has 4 atom stereocenters. The number of hydrogen-bond donors (Lipinski definition) is 3. The Labute approximate surface area is 160 Å². The van der Waals surface area contributed by atoms with Crippen LogP contribution in [0.2, 0.25) is 0 Å². The van der Waals surface area contributed by atoms with E-state index in [0.717, 1.165) is 6.92 Å². The van der Waals surface area contributed by atoms with Gasteiger partial charge in [-0.3, -0.25) is 10.1 Å². The second-order valence-electron chi connectivity index (χ2n) is 6.65. The van der Waals surface area contributed by atoms with Crippen molar-refractivity contribution in [2.24, 2.45) is 5.16 Å². The van der Waals surface area contributed by atoms with Gasteiger partial charge in [-0.1, -0.05) is 5.16 Å². The summed E-state index contributed by atoms with van der Waals surface area (Å²) in [7, 11) is 0. The normalized spacial score (nSPS) is 31.4. The number of oxime groups is 1. The van der Waals surface area contributed by atoms with Crippen molar-refractivity contribution in [3.63, 3.8) is 0 Å². The summed E-state index contributed by atoms with van der Waals surface area (Å²) in [6, 6.07) is -0.614. The predicted molar refractivity (Wildman–Crippen MR) is 90.9 cm³/mol. The molecule has 1 unspecified atom stereocenters. The standard InChI is InChI=1S/C16H23N3O9/c1-9(2)27-16(23)25-7-12-14(28-10(3)20)11(21)6-19(8-26-12)5-4-13(18-24)17-15(19)22/h4-5,9,11-12,14,21H,6-8H2,1-3H3,(H-,17,18,22,24)/p+1/t11-,12+,14-,19?/m0/s1. The van der Waals surface area contributed by atoms with Gasteiger partial charge in [-0.05, 0) is 13.8 Å². The van der Waals surface area contributed by atoms with E-state index in [9.17, 15) is 19.5 Å². The van der Waals surface area contributed by atoms with Crippen molar-refractivity contribution in [3.8, 4) is 0 Å². The van der Waals surface area contributed by atoms with Gasteiger partial charge in [-0.15, -0.1) is 0 Å². The highest BCUT2D eigenvalue weighted by molar-refractivity contribution is 6.03. The molecule has 1 fully saturated rings. The number of carbonyl (C=O) groups excluding carboxylic acids is 3. The van der Waals surface area contributed by atoms with Gasteiger partial charge in [-0.25, -0.2) is 9.59 Å². The number of rotatable bonds is 4. The smallest absolute Gasteiger partial charge is 0.457 e. The Morgan fingerprint density at radius 1 is 1.46 bits per heavy atom. The molecule has 0 aromatic rings. The molecule has 0 saturated carbocycles. The van der Waals surface area contributed by atoms with Crippen LogP contribution in [0.1, 0.15) is 20.8 Å². The highest BCUT2D eigenvalue weighted by atomic mass is 16.7. The molecule has 3 N–H and O–H groups in total. The first-order chi connectivity index (χ1) is 13.2. The summed E-state index contributed by atoms with van der Waals surface area (Å²) in [5, 5.41) is 24.6. The first kappa shape index (κ1) is 21.6. The number of nitrogens with one attached hydrogen (secondary N) is 1. The van der Waals surface area contributed by atoms with Crippen molar-refractivity contribution in [3.05, 3.63) is 12.3 Å². The van der Waals surface area contributed by atoms with Gasteiger partial charge in [0.05, 0.1) is 6.10 Å². The zero-order chi connectivity index (χ0) is 20.9. The third-order valence-corrected chi connectivity index (χ3v) is 4.04. The quantitative estimate of drug-likeness (QED) is 0.256. The number of carbonyl (C=O) groups is 3. The van der Waals surface area contributed by atoms with E-state index in [2.05, 4.69) is 10.5 Å². The zero-order valence-electron chi connectivity index (χ0n) is 15.7. The van der Waals surface area contributed by atoms with Gasteiger partial charge in [0.25, 0.3) is 0 Å². The molecule has 12 nitrogen and oxygen atoms in total. The highest BCUT2D eigenvalue weighted by Crippen LogP contribution is 2.24. The Kier molecular flexibility index (Phi) is 6.94. The van der Waals surface area contributed by atoms with Crippen molar-refractivity contribution in [1.29, 1.82) is 0 Å². The predicted octanol–water partition coefficient (Wildman–Crippen LogP) is 0.0383. The largest absolute Gasteiger partial charge is 0.508 e. The van der Waals surface area contributed by atoms with Crippen molar-refractivity contribution in [2.45, 2.75) is 45.2 Å². The van der Waals surface area contributed by atoms with Crippen molar-refractivity contribution < 1.29 is 48.1 Å². The third kappa shape index (κ3) is 5.18. The maximum absolute atomic E-state index is 12.5. The van der Waals surface area contributed by atoms with Gasteiger partial charge in [0, 0.05) is 13.0 Å². The van der Waals surface area contributed by atoms with Gasteiger partial charge in [0.1, 0.15) is 31.6 Å². The summed E-state index contributed by atoms with van der Waals surface area (Å²) in [5.41, 5.74) is 0. The zero-order valence-corrected chi connectivity index (χ0v) is 15.7. The molecule has 12 heteroatoms. The number of aliphatic hydroxyl groups excluding tert-OH is 1. The molecule has 1 saturated heterocycles. The first-order valence-corrected chi connectivity index (χ1v) is 8.57. The molecule has 2 aliphatic heterocycles. The molecule has 156 valence electrons. The SMILES string of the molecule is CC(=O)O[C@H]1[C@@H](O)C[N+]2(C=CC(=NO)NC2=O)CO[C@@H]1COC(=O)OC(C)C. The maximum atomic E-state index is 12.5. The van der Waals surface area contributed by atoms with E-state index in [1.807, 2.05) is 0 Å². The second kappa shape index (κ2) is 8.99. The summed E-state index contributed by atoms with van der Waals surface area (Å²) >= 11 is 0. The number of amidine groups is 1. The number of esters is 1. The van der Waals surface area contributed by atoms with Crippen LogP contribution in [0.4, 0.5) is 9.59 Å². The number of aliphatic hydroxyl groups is 1. The summed E-state index contributed by atoms with van der Waals surface area (Å²) in [4.78, 5) is 35.5. The van der Waals surface area contributed by atoms with Crippen LogP contribution in [0, 0.1) is 0 Å². The van der Waals surface area contributed by atoms with Gasteiger partial charge >= 0.3 is 18.2 Å². The first-order valence-electron chi connectivity index (χ1n) is 8.57. The lowest BCUT2D eigenvalue weighted by molar-refractivity contribution is -0.823. The van der Waals surface area contributed by atoms with Gasteiger partial charge in [0.15, 0.2) is 18.7 Å². The van der Waals surface area contributed by atoms with E-state index in [1.165, 1.54) is 12.3 Å². The Hall–Kier alpha value is -2.70. The van der Waals surface area contributed by atoms with Crippen LogP contribution in [0.25, 0.3) is 0 Å². The average molecular weight is 402 g/mol. The number of ether oxygens (including phenoxy) is 4. The van der Waals surface area contributed by atoms with Crippen LogP contribution in [0.15, 0.2) is 17.4 Å². The molecule has 0 bridgehead atoms. The van der Waals surface area contributed by atoms with Crippen LogP contribution >= 0.6 is 0 Å². The molecule has 0 aromatic carbocycles. The fraction of sp³-hybridized carbons (Fsp3) is 0.625. The molecule has 1 spiro atoms. The minimum Gasteiger partial charge on any atom is -0.457 e. The number of amides is 2. The highest BCUT2D eigenvalue weighted by Gasteiger charge is 2.49. The summed E-state index contributed by atoms with van der Waals surface area (Å²) in [6.07, 6.45) is -2.14. The Morgan fingerprint density at radius 3 is 2.75 bits per heavy atom. The number of hydrogen-bond acceptors (Lipinski definition) is 10. The van der Waals surface area contributed by atoms with Crippen LogP contribution < -0.4 is 5.32 Å². The Balaban J connectivity index is 2.19. The monoisotopic (exact) mass is 402 g/mol. The van der Waals surface area contributed by atoms with E-state index in [1.54, 1.807) is 13.8 Å². The molecular weight excluding hydrogens is 378 g/mol. The average Bonchev–Trinajstić information content (AvgIpc) is 2.73. The number of quaternary nitrogens is 1.